The van der Waals surface area contributed by atoms with Gasteiger partial charge in [-0.1, -0.05) is 56.1 Å². The van der Waals surface area contributed by atoms with E-state index in [1.54, 1.807) is 0 Å². The van der Waals surface area contributed by atoms with Crippen molar-refractivity contribution >= 4 is 43.3 Å². The first-order valence-electron chi connectivity index (χ1n) is 7.61. The molecule has 0 fully saturated rings. The average molecular weight is 483 g/mol. The minimum Gasteiger partial charge on any atom is -0.248 e. The molecule has 132 valence electrons. The van der Waals surface area contributed by atoms with E-state index in [1.165, 1.54) is 12.1 Å². The second-order valence-electron chi connectivity index (χ2n) is 5.52. The molecule has 0 unspecified atom stereocenters. The largest absolute Gasteiger partial charge is 0.416 e. The topological polar surface area (TPSA) is 12.4 Å². The molecule has 0 aliphatic heterocycles. The van der Waals surface area contributed by atoms with Gasteiger partial charge in [-0.3, -0.25) is 0 Å². The molecule has 0 aromatic heterocycles. The molecule has 0 spiro atoms. The third kappa shape index (κ3) is 4.62. The summed E-state index contributed by atoms with van der Waals surface area (Å²) < 4.78 is 40.3. The third-order valence-electron chi connectivity index (χ3n) is 3.67. The van der Waals surface area contributed by atoms with Crippen LogP contribution in [0.4, 0.5) is 18.9 Å². The van der Waals surface area contributed by atoms with Crippen LogP contribution in [0.25, 0.3) is 0 Å². The smallest absolute Gasteiger partial charge is 0.248 e. The van der Waals surface area contributed by atoms with Crippen molar-refractivity contribution in [3.8, 4) is 0 Å². The number of hydrogen-bond acceptors (Lipinski definition) is 1. The minimum atomic E-state index is -4.36. The van der Waals surface area contributed by atoms with Gasteiger partial charge in [-0.25, -0.2) is 4.99 Å². The first-order chi connectivity index (χ1) is 12.3. The Hall–Kier alpha value is -1.92. The molecule has 0 atom stereocenters. The SMILES string of the molecule is FC(F)(F)c1ccc(C(=Nc2ccc(Br)cc2)c2ccc(Br)cc2)cc1. The molecule has 26 heavy (non-hydrogen) atoms. The van der Waals surface area contributed by atoms with Crippen molar-refractivity contribution in [3.63, 3.8) is 0 Å². The maximum Gasteiger partial charge on any atom is 0.416 e. The van der Waals surface area contributed by atoms with Crippen LogP contribution in [0.15, 0.2) is 86.7 Å². The van der Waals surface area contributed by atoms with E-state index in [2.05, 4.69) is 36.9 Å². The van der Waals surface area contributed by atoms with Gasteiger partial charge >= 0.3 is 6.18 Å². The summed E-state index contributed by atoms with van der Waals surface area (Å²) in [5.74, 6) is 0. The van der Waals surface area contributed by atoms with Gasteiger partial charge in [0.25, 0.3) is 0 Å². The highest BCUT2D eigenvalue weighted by molar-refractivity contribution is 9.10. The summed E-state index contributed by atoms with van der Waals surface area (Å²) in [6, 6.07) is 19.9. The van der Waals surface area contributed by atoms with E-state index >= 15 is 0 Å². The molecule has 1 nitrogen and oxygen atoms in total. The highest BCUT2D eigenvalue weighted by atomic mass is 79.9. The first-order valence-corrected chi connectivity index (χ1v) is 9.19. The van der Waals surface area contributed by atoms with Crippen LogP contribution < -0.4 is 0 Å². The molecular weight excluding hydrogens is 471 g/mol. The fourth-order valence-electron chi connectivity index (χ4n) is 2.37. The number of aliphatic imine (C=N–C) groups is 1. The lowest BCUT2D eigenvalue weighted by atomic mass is 10.0. The second kappa shape index (κ2) is 7.76. The van der Waals surface area contributed by atoms with Crippen molar-refractivity contribution in [3.05, 3.63) is 98.4 Å². The molecule has 0 heterocycles. The van der Waals surface area contributed by atoms with Crippen molar-refractivity contribution in [1.29, 1.82) is 0 Å². The first kappa shape index (κ1) is 18.9. The van der Waals surface area contributed by atoms with E-state index in [1.807, 2.05) is 48.5 Å². The molecule has 0 aliphatic rings. The Morgan fingerprint density at radius 3 is 1.54 bits per heavy atom. The zero-order valence-electron chi connectivity index (χ0n) is 13.3. The molecule has 0 saturated heterocycles. The van der Waals surface area contributed by atoms with Crippen LogP contribution in [0, 0.1) is 0 Å². The van der Waals surface area contributed by atoms with Gasteiger partial charge < -0.3 is 0 Å². The number of halogens is 5. The molecular formula is C20H12Br2F3N. The van der Waals surface area contributed by atoms with Crippen LogP contribution in [-0.4, -0.2) is 5.71 Å². The van der Waals surface area contributed by atoms with Gasteiger partial charge in [-0.2, -0.15) is 13.2 Å². The van der Waals surface area contributed by atoms with Gasteiger partial charge in [-0.15, -0.1) is 0 Å². The van der Waals surface area contributed by atoms with E-state index in [0.717, 1.165) is 26.6 Å². The van der Waals surface area contributed by atoms with Gasteiger partial charge in [-0.05, 0) is 48.5 Å². The standard InChI is InChI=1S/C20H12Br2F3N/c21-16-7-3-14(4-8-16)19(26-18-11-9-17(22)10-12-18)13-1-5-15(6-2-13)20(23,24)25/h1-12H. The predicted octanol–water partition coefficient (Wildman–Crippen LogP) is 7.40. The van der Waals surface area contributed by atoms with Crippen LogP contribution >= 0.6 is 31.9 Å². The number of hydrogen-bond donors (Lipinski definition) is 0. The minimum absolute atomic E-state index is 0.605. The van der Waals surface area contributed by atoms with E-state index < -0.39 is 11.7 Å². The van der Waals surface area contributed by atoms with E-state index in [0.29, 0.717) is 17.0 Å². The zero-order valence-corrected chi connectivity index (χ0v) is 16.4. The van der Waals surface area contributed by atoms with E-state index in [9.17, 15) is 13.2 Å². The fourth-order valence-corrected chi connectivity index (χ4v) is 2.89. The Kier molecular flexibility index (Phi) is 5.63. The summed E-state index contributed by atoms with van der Waals surface area (Å²) in [4.78, 5) is 4.66. The van der Waals surface area contributed by atoms with Gasteiger partial charge in [0.2, 0.25) is 0 Å². The predicted molar refractivity (Wildman–Crippen MR) is 105 cm³/mol. The maximum absolute atomic E-state index is 12.8. The van der Waals surface area contributed by atoms with Crippen molar-refractivity contribution in [2.24, 2.45) is 4.99 Å². The monoisotopic (exact) mass is 481 g/mol. The van der Waals surface area contributed by atoms with E-state index in [4.69, 9.17) is 0 Å². The fraction of sp³-hybridized carbons (Fsp3) is 0.0500. The molecule has 0 amide bonds. The Morgan fingerprint density at radius 1 is 0.654 bits per heavy atom. The number of rotatable bonds is 3. The maximum atomic E-state index is 12.8. The molecule has 0 N–H and O–H groups in total. The van der Waals surface area contributed by atoms with Crippen LogP contribution in [0.5, 0.6) is 0 Å². The van der Waals surface area contributed by atoms with Crippen LogP contribution in [-0.2, 0) is 6.18 Å². The van der Waals surface area contributed by atoms with Gasteiger partial charge in [0.1, 0.15) is 0 Å². The highest BCUT2D eigenvalue weighted by Crippen LogP contribution is 2.30. The Balaban J connectivity index is 2.08. The summed E-state index contributed by atoms with van der Waals surface area (Å²) in [6.07, 6.45) is -4.36. The molecule has 0 saturated carbocycles. The molecule has 0 bridgehead atoms. The van der Waals surface area contributed by atoms with Crippen molar-refractivity contribution in [2.45, 2.75) is 6.18 Å². The molecule has 6 heteroatoms. The average Bonchev–Trinajstić information content (AvgIpc) is 2.62. The zero-order chi connectivity index (χ0) is 18.7. The molecule has 0 aliphatic carbocycles. The molecule has 0 radical (unpaired) electrons. The second-order valence-corrected chi connectivity index (χ2v) is 7.35. The summed E-state index contributed by atoms with van der Waals surface area (Å²) in [7, 11) is 0. The molecule has 3 rings (SSSR count). The van der Waals surface area contributed by atoms with Crippen LogP contribution in [0.2, 0.25) is 0 Å². The van der Waals surface area contributed by atoms with E-state index in [-0.39, 0.29) is 0 Å². The lowest BCUT2D eigenvalue weighted by molar-refractivity contribution is -0.137. The summed E-state index contributed by atoms with van der Waals surface area (Å²) in [6.45, 7) is 0. The summed E-state index contributed by atoms with van der Waals surface area (Å²) >= 11 is 6.76. The normalized spacial score (nSPS) is 12.3. The van der Waals surface area contributed by atoms with Crippen molar-refractivity contribution < 1.29 is 13.2 Å². The Labute approximate surface area is 165 Å². The Morgan fingerprint density at radius 2 is 1.08 bits per heavy atom. The summed E-state index contributed by atoms with van der Waals surface area (Å²) in [5, 5.41) is 0. The van der Waals surface area contributed by atoms with Gasteiger partial charge in [0.15, 0.2) is 0 Å². The van der Waals surface area contributed by atoms with Crippen molar-refractivity contribution in [1.82, 2.24) is 0 Å². The molecule has 3 aromatic carbocycles. The van der Waals surface area contributed by atoms with Gasteiger partial charge in [0, 0.05) is 20.1 Å². The number of alkyl halides is 3. The Bertz CT molecular complexity index is 913. The van der Waals surface area contributed by atoms with Crippen molar-refractivity contribution in [2.75, 3.05) is 0 Å². The lowest BCUT2D eigenvalue weighted by Crippen LogP contribution is -2.07. The molecule has 3 aromatic rings. The highest BCUT2D eigenvalue weighted by Gasteiger charge is 2.30. The van der Waals surface area contributed by atoms with Crippen LogP contribution in [0.1, 0.15) is 16.7 Å². The summed E-state index contributed by atoms with van der Waals surface area (Å²) in [5.41, 5.74) is 2.07. The van der Waals surface area contributed by atoms with Crippen LogP contribution in [0.3, 0.4) is 0 Å². The number of benzene rings is 3. The quantitative estimate of drug-likeness (QED) is 0.345. The lowest BCUT2D eigenvalue weighted by Gasteiger charge is -2.11. The number of nitrogens with zero attached hydrogens (tertiary/aromatic N) is 1. The third-order valence-corrected chi connectivity index (χ3v) is 4.73. The van der Waals surface area contributed by atoms with Gasteiger partial charge in [0.05, 0.1) is 17.0 Å².